The summed E-state index contributed by atoms with van der Waals surface area (Å²) in [5, 5.41) is 0. The smallest absolute Gasteiger partial charge is 0.203 e. The molecule has 0 fully saturated rings. The van der Waals surface area contributed by atoms with Crippen LogP contribution in [0.4, 0.5) is 0 Å². The van der Waals surface area contributed by atoms with Crippen molar-refractivity contribution in [2.75, 3.05) is 20.3 Å². The summed E-state index contributed by atoms with van der Waals surface area (Å²) in [6.07, 6.45) is 0.799. The summed E-state index contributed by atoms with van der Waals surface area (Å²) in [6.45, 7) is 3.12. The average Bonchev–Trinajstić information content (AvgIpc) is 2.27. The largest absolute Gasteiger partial charge is 0.493 e. The van der Waals surface area contributed by atoms with Crippen LogP contribution in [0.2, 0.25) is 0 Å². The highest BCUT2D eigenvalue weighted by atomic mass is 16.6. The van der Waals surface area contributed by atoms with Gasteiger partial charge in [-0.1, -0.05) is 0 Å². The Hall–Kier alpha value is -1.42. The molecule has 1 atom stereocenters. The standard InChI is InChI=1S/C12H17NO3/c1-8(13)5-9-6-10(14-2)12-11(7-9)15-3-4-16-12/h6-8H,3-5,13H2,1-2H3/t8-/m1/s1. The van der Waals surface area contributed by atoms with Crippen molar-refractivity contribution in [2.24, 2.45) is 5.73 Å². The van der Waals surface area contributed by atoms with Crippen molar-refractivity contribution in [3.05, 3.63) is 17.7 Å². The van der Waals surface area contributed by atoms with Crippen molar-refractivity contribution in [2.45, 2.75) is 19.4 Å². The first-order valence-electron chi connectivity index (χ1n) is 5.43. The number of methoxy groups -OCH3 is 1. The van der Waals surface area contributed by atoms with Crippen molar-refractivity contribution in [1.82, 2.24) is 0 Å². The highest BCUT2D eigenvalue weighted by molar-refractivity contribution is 5.54. The fourth-order valence-electron chi connectivity index (χ4n) is 1.82. The van der Waals surface area contributed by atoms with Crippen LogP contribution in [0.25, 0.3) is 0 Å². The van der Waals surface area contributed by atoms with Crippen LogP contribution in [0.5, 0.6) is 17.2 Å². The highest BCUT2D eigenvalue weighted by Crippen LogP contribution is 2.40. The lowest BCUT2D eigenvalue weighted by atomic mass is 10.1. The van der Waals surface area contributed by atoms with Gasteiger partial charge in [-0.15, -0.1) is 0 Å². The molecular weight excluding hydrogens is 206 g/mol. The van der Waals surface area contributed by atoms with Crippen LogP contribution >= 0.6 is 0 Å². The quantitative estimate of drug-likeness (QED) is 0.840. The van der Waals surface area contributed by atoms with E-state index in [2.05, 4.69) is 0 Å². The third kappa shape index (κ3) is 2.22. The zero-order valence-electron chi connectivity index (χ0n) is 9.66. The summed E-state index contributed by atoms with van der Waals surface area (Å²) < 4.78 is 16.4. The molecule has 0 radical (unpaired) electrons. The van der Waals surface area contributed by atoms with Crippen molar-refractivity contribution >= 4 is 0 Å². The van der Waals surface area contributed by atoms with Gasteiger partial charge in [0.1, 0.15) is 13.2 Å². The zero-order chi connectivity index (χ0) is 11.5. The number of rotatable bonds is 3. The van der Waals surface area contributed by atoms with E-state index in [1.807, 2.05) is 19.1 Å². The van der Waals surface area contributed by atoms with Crippen LogP contribution in [0, 0.1) is 0 Å². The van der Waals surface area contributed by atoms with Gasteiger partial charge in [0.2, 0.25) is 5.75 Å². The first-order chi connectivity index (χ1) is 7.70. The second kappa shape index (κ2) is 4.61. The van der Waals surface area contributed by atoms with Crippen LogP contribution in [0.3, 0.4) is 0 Å². The molecule has 4 heteroatoms. The van der Waals surface area contributed by atoms with E-state index in [1.54, 1.807) is 7.11 Å². The summed E-state index contributed by atoms with van der Waals surface area (Å²) in [7, 11) is 1.63. The van der Waals surface area contributed by atoms with Gasteiger partial charge in [-0.2, -0.15) is 0 Å². The van der Waals surface area contributed by atoms with Crippen molar-refractivity contribution in [3.8, 4) is 17.2 Å². The number of hydrogen-bond donors (Lipinski definition) is 1. The molecule has 0 aromatic heterocycles. The van der Waals surface area contributed by atoms with E-state index in [-0.39, 0.29) is 6.04 Å². The third-order valence-corrected chi connectivity index (χ3v) is 2.45. The molecule has 1 aromatic carbocycles. The van der Waals surface area contributed by atoms with Gasteiger partial charge in [-0.3, -0.25) is 0 Å². The topological polar surface area (TPSA) is 53.7 Å². The maximum atomic E-state index is 5.78. The van der Waals surface area contributed by atoms with Gasteiger partial charge in [-0.25, -0.2) is 0 Å². The molecule has 0 spiro atoms. The SMILES string of the molecule is COc1cc(C[C@@H](C)N)cc2c1OCCO2. The van der Waals surface area contributed by atoms with Gasteiger partial charge in [0.05, 0.1) is 7.11 Å². The lowest BCUT2D eigenvalue weighted by molar-refractivity contribution is 0.165. The van der Waals surface area contributed by atoms with E-state index in [0.29, 0.717) is 24.7 Å². The summed E-state index contributed by atoms with van der Waals surface area (Å²) in [5.74, 6) is 2.16. The molecule has 0 amide bonds. The number of nitrogens with two attached hydrogens (primary N) is 1. The molecule has 0 bridgehead atoms. The summed E-state index contributed by atoms with van der Waals surface area (Å²) >= 11 is 0. The maximum Gasteiger partial charge on any atom is 0.203 e. The lowest BCUT2D eigenvalue weighted by Gasteiger charge is -2.21. The Labute approximate surface area is 95.3 Å². The first-order valence-corrected chi connectivity index (χ1v) is 5.43. The molecule has 0 aliphatic carbocycles. The molecule has 1 aliphatic heterocycles. The van der Waals surface area contributed by atoms with Crippen LogP contribution in [0.15, 0.2) is 12.1 Å². The van der Waals surface area contributed by atoms with Crippen molar-refractivity contribution in [3.63, 3.8) is 0 Å². The second-order valence-corrected chi connectivity index (χ2v) is 4.00. The van der Waals surface area contributed by atoms with E-state index in [4.69, 9.17) is 19.9 Å². The van der Waals surface area contributed by atoms with E-state index >= 15 is 0 Å². The molecule has 1 aliphatic rings. The lowest BCUT2D eigenvalue weighted by Crippen LogP contribution is -2.19. The normalized spacial score (nSPS) is 15.7. The molecule has 0 saturated carbocycles. The number of benzene rings is 1. The Morgan fingerprint density at radius 2 is 2.12 bits per heavy atom. The highest BCUT2D eigenvalue weighted by Gasteiger charge is 2.18. The van der Waals surface area contributed by atoms with Gasteiger partial charge >= 0.3 is 0 Å². The van der Waals surface area contributed by atoms with Crippen LogP contribution in [0.1, 0.15) is 12.5 Å². The molecule has 2 rings (SSSR count). The van der Waals surface area contributed by atoms with E-state index in [1.165, 1.54) is 0 Å². The molecule has 0 unspecified atom stereocenters. The summed E-state index contributed by atoms with van der Waals surface area (Å²) in [5.41, 5.74) is 6.89. The van der Waals surface area contributed by atoms with Gasteiger partial charge in [0.25, 0.3) is 0 Å². The Bertz CT molecular complexity index is 360. The van der Waals surface area contributed by atoms with Crippen molar-refractivity contribution < 1.29 is 14.2 Å². The van der Waals surface area contributed by atoms with Crippen LogP contribution in [-0.4, -0.2) is 26.4 Å². The molecule has 16 heavy (non-hydrogen) atoms. The predicted octanol–water partition coefficient (Wildman–Crippen LogP) is 1.36. The van der Waals surface area contributed by atoms with Gasteiger partial charge in [0, 0.05) is 6.04 Å². The van der Waals surface area contributed by atoms with Crippen molar-refractivity contribution in [1.29, 1.82) is 0 Å². The maximum absolute atomic E-state index is 5.78. The van der Waals surface area contributed by atoms with E-state index in [9.17, 15) is 0 Å². The fourth-order valence-corrected chi connectivity index (χ4v) is 1.82. The zero-order valence-corrected chi connectivity index (χ0v) is 9.66. The van der Waals surface area contributed by atoms with E-state index in [0.717, 1.165) is 17.7 Å². The Kier molecular flexibility index (Phi) is 3.19. The fraction of sp³-hybridized carbons (Fsp3) is 0.500. The summed E-state index contributed by atoms with van der Waals surface area (Å²) in [4.78, 5) is 0. The number of hydrogen-bond acceptors (Lipinski definition) is 4. The Balaban J connectivity index is 2.35. The Morgan fingerprint density at radius 1 is 1.38 bits per heavy atom. The second-order valence-electron chi connectivity index (χ2n) is 4.00. The van der Waals surface area contributed by atoms with E-state index < -0.39 is 0 Å². The molecule has 1 heterocycles. The molecule has 88 valence electrons. The molecular formula is C12H17NO3. The number of ether oxygens (including phenoxy) is 3. The van der Waals surface area contributed by atoms with Gasteiger partial charge in [-0.05, 0) is 31.0 Å². The Morgan fingerprint density at radius 3 is 2.81 bits per heavy atom. The monoisotopic (exact) mass is 223 g/mol. The summed E-state index contributed by atoms with van der Waals surface area (Å²) in [6, 6.07) is 4.05. The van der Waals surface area contributed by atoms with Crippen LogP contribution < -0.4 is 19.9 Å². The van der Waals surface area contributed by atoms with Crippen LogP contribution in [-0.2, 0) is 6.42 Å². The predicted molar refractivity (Wildman–Crippen MR) is 61.3 cm³/mol. The molecule has 4 nitrogen and oxygen atoms in total. The number of fused-ring (bicyclic) bond motifs is 1. The first kappa shape index (κ1) is 11.1. The minimum Gasteiger partial charge on any atom is -0.493 e. The molecule has 2 N–H and O–H groups in total. The van der Waals surface area contributed by atoms with Gasteiger partial charge in [0.15, 0.2) is 11.5 Å². The molecule has 1 aromatic rings. The van der Waals surface area contributed by atoms with Gasteiger partial charge < -0.3 is 19.9 Å². The minimum absolute atomic E-state index is 0.118. The molecule has 0 saturated heterocycles. The minimum atomic E-state index is 0.118. The third-order valence-electron chi connectivity index (χ3n) is 2.45. The average molecular weight is 223 g/mol.